The first-order valence-electron chi connectivity index (χ1n) is 11.9. The number of alkyl halides is 5. The van der Waals surface area contributed by atoms with Crippen molar-refractivity contribution in [3.05, 3.63) is 89.5 Å². The molecule has 214 valence electrons. The SMILES string of the molecule is Nc1cc(N)cc(CCOC(=O)/C=C/c2ccc(OC(F)(F)c3ccc(OCCOCC(F)(F)F)cc3)cc2)c1. The largest absolute Gasteiger partial charge is 0.491 e. The number of halogens is 5. The predicted molar refractivity (Wildman–Crippen MR) is 139 cm³/mol. The van der Waals surface area contributed by atoms with E-state index in [1.165, 1.54) is 48.6 Å². The summed E-state index contributed by atoms with van der Waals surface area (Å²) in [5.74, 6) is -0.516. The Morgan fingerprint density at radius 2 is 1.43 bits per heavy atom. The van der Waals surface area contributed by atoms with Crippen molar-refractivity contribution in [1.82, 2.24) is 0 Å². The van der Waals surface area contributed by atoms with Gasteiger partial charge in [0.25, 0.3) is 0 Å². The van der Waals surface area contributed by atoms with Gasteiger partial charge in [-0.05, 0) is 71.8 Å². The van der Waals surface area contributed by atoms with Gasteiger partial charge in [0, 0.05) is 23.9 Å². The van der Waals surface area contributed by atoms with Crippen LogP contribution in [0.2, 0.25) is 0 Å². The van der Waals surface area contributed by atoms with E-state index in [9.17, 15) is 26.7 Å². The van der Waals surface area contributed by atoms with E-state index in [1.807, 2.05) is 0 Å². The van der Waals surface area contributed by atoms with Gasteiger partial charge in [-0.15, -0.1) is 0 Å². The number of hydrogen-bond donors (Lipinski definition) is 2. The van der Waals surface area contributed by atoms with Crippen molar-refractivity contribution in [1.29, 1.82) is 0 Å². The van der Waals surface area contributed by atoms with E-state index in [0.29, 0.717) is 23.4 Å². The molecule has 3 rings (SSSR count). The molecule has 0 fully saturated rings. The molecule has 0 atom stereocenters. The lowest BCUT2D eigenvalue weighted by Crippen LogP contribution is -2.21. The predicted octanol–water partition coefficient (Wildman–Crippen LogP) is 5.74. The Balaban J connectivity index is 1.44. The molecule has 0 aliphatic carbocycles. The minimum atomic E-state index is -4.44. The van der Waals surface area contributed by atoms with E-state index in [-0.39, 0.29) is 31.3 Å². The second kappa shape index (κ2) is 13.7. The van der Waals surface area contributed by atoms with Crippen LogP contribution in [0.15, 0.2) is 72.8 Å². The highest BCUT2D eigenvalue weighted by atomic mass is 19.4. The third-order valence-electron chi connectivity index (χ3n) is 5.16. The van der Waals surface area contributed by atoms with Crippen LogP contribution in [0.4, 0.5) is 33.3 Å². The molecule has 40 heavy (non-hydrogen) atoms. The Morgan fingerprint density at radius 3 is 2.05 bits per heavy atom. The van der Waals surface area contributed by atoms with Crippen LogP contribution < -0.4 is 20.9 Å². The molecular weight excluding hydrogens is 539 g/mol. The zero-order valence-corrected chi connectivity index (χ0v) is 21.1. The number of ether oxygens (including phenoxy) is 4. The molecule has 0 spiro atoms. The second-order valence-electron chi connectivity index (χ2n) is 8.49. The molecule has 0 saturated heterocycles. The fourth-order valence-corrected chi connectivity index (χ4v) is 3.38. The van der Waals surface area contributed by atoms with Gasteiger partial charge < -0.3 is 30.4 Å². The van der Waals surface area contributed by atoms with Crippen LogP contribution in [0.25, 0.3) is 6.08 Å². The zero-order valence-electron chi connectivity index (χ0n) is 21.1. The first kappa shape index (κ1) is 30.2. The monoisotopic (exact) mass is 566 g/mol. The maximum Gasteiger partial charge on any atom is 0.426 e. The van der Waals surface area contributed by atoms with Crippen LogP contribution in [-0.4, -0.2) is 38.6 Å². The molecule has 0 unspecified atom stereocenters. The molecule has 3 aromatic rings. The van der Waals surface area contributed by atoms with Gasteiger partial charge >= 0.3 is 18.3 Å². The average Bonchev–Trinajstić information content (AvgIpc) is 2.87. The third-order valence-corrected chi connectivity index (χ3v) is 5.16. The summed E-state index contributed by atoms with van der Waals surface area (Å²) >= 11 is 0. The van der Waals surface area contributed by atoms with E-state index in [4.69, 9.17) is 25.7 Å². The maximum absolute atomic E-state index is 14.6. The summed E-state index contributed by atoms with van der Waals surface area (Å²) < 4.78 is 84.9. The van der Waals surface area contributed by atoms with Crippen molar-refractivity contribution >= 4 is 23.4 Å². The van der Waals surface area contributed by atoms with Crippen molar-refractivity contribution in [3.63, 3.8) is 0 Å². The van der Waals surface area contributed by atoms with E-state index < -0.39 is 30.4 Å². The molecule has 4 N–H and O–H groups in total. The van der Waals surface area contributed by atoms with Gasteiger partial charge in [-0.1, -0.05) is 12.1 Å². The van der Waals surface area contributed by atoms with Crippen LogP contribution in [-0.2, 0) is 26.8 Å². The summed E-state index contributed by atoms with van der Waals surface area (Å²) in [4.78, 5) is 12.0. The van der Waals surface area contributed by atoms with Gasteiger partial charge in [0.15, 0.2) is 0 Å². The molecule has 7 nitrogen and oxygen atoms in total. The Morgan fingerprint density at radius 1 is 0.800 bits per heavy atom. The number of esters is 1. The van der Waals surface area contributed by atoms with Crippen molar-refractivity contribution in [2.45, 2.75) is 18.7 Å². The van der Waals surface area contributed by atoms with Gasteiger partial charge in [0.1, 0.15) is 24.7 Å². The molecule has 0 aromatic heterocycles. The van der Waals surface area contributed by atoms with Crippen molar-refractivity contribution < 1.29 is 45.7 Å². The molecular formula is C28H27F5N2O5. The Labute approximate surface area is 227 Å². The number of rotatable bonds is 13. The van der Waals surface area contributed by atoms with Crippen molar-refractivity contribution in [2.75, 3.05) is 37.9 Å². The highest BCUT2D eigenvalue weighted by Gasteiger charge is 2.34. The number of benzene rings is 3. The number of hydrogen-bond acceptors (Lipinski definition) is 7. The minimum Gasteiger partial charge on any atom is -0.491 e. The summed E-state index contributed by atoms with van der Waals surface area (Å²) in [6.45, 7) is -1.77. The molecule has 0 aliphatic heterocycles. The molecule has 12 heteroatoms. The van der Waals surface area contributed by atoms with E-state index >= 15 is 0 Å². The number of nitrogen functional groups attached to an aromatic ring is 2. The van der Waals surface area contributed by atoms with Crippen molar-refractivity contribution in [2.24, 2.45) is 0 Å². The van der Waals surface area contributed by atoms with Gasteiger partial charge in [-0.2, -0.15) is 22.0 Å². The molecule has 3 aromatic carbocycles. The van der Waals surface area contributed by atoms with Crippen LogP contribution in [0.1, 0.15) is 16.7 Å². The standard InChI is InChI=1S/C28H27F5N2O5/c29-27(30,31)18-37-13-14-38-24-8-4-21(5-9-24)28(32,33)40-25-6-1-19(2-7-25)3-10-26(36)39-12-11-20-15-22(34)17-23(35)16-20/h1-10,15-17H,11-14,18,34-35H2/b10-3+. The average molecular weight is 567 g/mol. The van der Waals surface area contributed by atoms with Crippen LogP contribution in [0.3, 0.4) is 0 Å². The topological polar surface area (TPSA) is 106 Å². The number of nitrogens with two attached hydrogens (primary N) is 2. The lowest BCUT2D eigenvalue weighted by atomic mass is 10.1. The lowest BCUT2D eigenvalue weighted by Gasteiger charge is -2.18. The summed E-state index contributed by atoms with van der Waals surface area (Å²) in [5, 5.41) is 0. The number of carbonyl (C=O) groups is 1. The minimum absolute atomic E-state index is 0.117. The molecule has 0 bridgehead atoms. The summed E-state index contributed by atoms with van der Waals surface area (Å²) in [5.41, 5.74) is 13.4. The maximum atomic E-state index is 14.6. The van der Waals surface area contributed by atoms with E-state index in [1.54, 1.807) is 18.2 Å². The van der Waals surface area contributed by atoms with E-state index in [2.05, 4.69) is 4.74 Å². The normalized spacial score (nSPS) is 11.9. The fourth-order valence-electron chi connectivity index (χ4n) is 3.38. The Kier molecular flexibility index (Phi) is 10.3. The highest BCUT2D eigenvalue weighted by Crippen LogP contribution is 2.32. The summed E-state index contributed by atoms with van der Waals surface area (Å²) in [6.07, 6.45) is -5.00. The van der Waals surface area contributed by atoms with Gasteiger partial charge in [0.2, 0.25) is 0 Å². The molecule has 0 radical (unpaired) electrons. The van der Waals surface area contributed by atoms with E-state index in [0.717, 1.165) is 17.7 Å². The Hall–Kier alpha value is -4.32. The van der Waals surface area contributed by atoms with Crippen LogP contribution in [0.5, 0.6) is 11.5 Å². The molecule has 0 aliphatic rings. The summed E-state index contributed by atoms with van der Waals surface area (Å²) in [7, 11) is 0. The smallest absolute Gasteiger partial charge is 0.426 e. The fraction of sp³-hybridized carbons (Fsp3) is 0.250. The summed E-state index contributed by atoms with van der Waals surface area (Å²) in [6, 6.07) is 15.4. The number of carbonyl (C=O) groups excluding carboxylic acids is 1. The lowest BCUT2D eigenvalue weighted by molar-refractivity contribution is -0.185. The molecule has 0 saturated carbocycles. The highest BCUT2D eigenvalue weighted by molar-refractivity contribution is 5.87. The van der Waals surface area contributed by atoms with Crippen molar-refractivity contribution in [3.8, 4) is 11.5 Å². The van der Waals surface area contributed by atoms with Crippen LogP contribution >= 0.6 is 0 Å². The quantitative estimate of drug-likeness (QED) is 0.0894. The molecule has 0 amide bonds. The first-order chi connectivity index (χ1) is 18.9. The zero-order chi connectivity index (χ0) is 29.2. The van der Waals surface area contributed by atoms with Gasteiger partial charge in [-0.25, -0.2) is 4.79 Å². The van der Waals surface area contributed by atoms with Gasteiger partial charge in [-0.3, -0.25) is 0 Å². The Bertz CT molecular complexity index is 1260. The van der Waals surface area contributed by atoms with Crippen LogP contribution in [0, 0.1) is 0 Å². The second-order valence-corrected chi connectivity index (χ2v) is 8.49. The third kappa shape index (κ3) is 10.4. The molecule has 0 heterocycles. The van der Waals surface area contributed by atoms with Gasteiger partial charge in [0.05, 0.1) is 18.8 Å². The first-order valence-corrected chi connectivity index (χ1v) is 11.9. The number of anilines is 2.